The van der Waals surface area contributed by atoms with Gasteiger partial charge in [-0.25, -0.2) is 4.39 Å². The lowest BCUT2D eigenvalue weighted by molar-refractivity contribution is 0.0934. The highest BCUT2D eigenvalue weighted by molar-refractivity contribution is 6.33. The summed E-state index contributed by atoms with van der Waals surface area (Å²) in [4.78, 5) is 14.8. The van der Waals surface area contributed by atoms with Crippen LogP contribution in [0.1, 0.15) is 34.8 Å². The van der Waals surface area contributed by atoms with E-state index in [1.807, 2.05) is 24.3 Å². The lowest BCUT2D eigenvalue weighted by atomic mass is 10.0. The van der Waals surface area contributed by atoms with Crippen LogP contribution in [0.15, 0.2) is 42.5 Å². The van der Waals surface area contributed by atoms with E-state index in [1.165, 1.54) is 18.2 Å². The number of ether oxygens (including phenoxy) is 1. The fourth-order valence-electron chi connectivity index (χ4n) is 3.35. The summed E-state index contributed by atoms with van der Waals surface area (Å²) in [5.41, 5.74) is 0.950. The molecule has 4 nitrogen and oxygen atoms in total. The van der Waals surface area contributed by atoms with Crippen LogP contribution >= 0.6 is 11.6 Å². The van der Waals surface area contributed by atoms with E-state index in [2.05, 4.69) is 10.2 Å². The minimum Gasteiger partial charge on any atom is -0.497 e. The summed E-state index contributed by atoms with van der Waals surface area (Å²) in [6.45, 7) is 2.31. The predicted molar refractivity (Wildman–Crippen MR) is 100 cm³/mol. The van der Waals surface area contributed by atoms with Gasteiger partial charge in [0.25, 0.3) is 5.91 Å². The molecule has 6 heteroatoms. The molecule has 0 aromatic heterocycles. The Kier molecular flexibility index (Phi) is 6.12. The van der Waals surface area contributed by atoms with Gasteiger partial charge in [-0.1, -0.05) is 29.8 Å². The number of hydrogen-bond donors (Lipinski definition) is 1. The Morgan fingerprint density at radius 1 is 1.27 bits per heavy atom. The molecule has 2 aromatic carbocycles. The molecule has 3 rings (SSSR count). The largest absolute Gasteiger partial charge is 0.497 e. The molecule has 0 saturated carbocycles. The number of nitrogens with zero attached hydrogens (tertiary/aromatic N) is 1. The number of hydrogen-bond acceptors (Lipinski definition) is 3. The highest BCUT2D eigenvalue weighted by atomic mass is 35.5. The van der Waals surface area contributed by atoms with Crippen LogP contribution in [0.5, 0.6) is 5.75 Å². The van der Waals surface area contributed by atoms with Gasteiger partial charge in [0.05, 0.1) is 23.7 Å². The zero-order valence-corrected chi connectivity index (χ0v) is 15.4. The number of nitrogens with one attached hydrogen (secondary N) is 1. The van der Waals surface area contributed by atoms with Crippen LogP contribution in [0.4, 0.5) is 4.39 Å². The number of carbonyl (C=O) groups is 1. The summed E-state index contributed by atoms with van der Waals surface area (Å²) in [5.74, 6) is -0.343. The minimum absolute atomic E-state index is 0.00194. The van der Waals surface area contributed by atoms with Crippen LogP contribution < -0.4 is 10.1 Å². The van der Waals surface area contributed by atoms with E-state index in [0.717, 1.165) is 37.2 Å². The Bertz CT molecular complexity index is 758. The van der Waals surface area contributed by atoms with E-state index < -0.39 is 11.7 Å². The highest BCUT2D eigenvalue weighted by Crippen LogP contribution is 2.27. The van der Waals surface area contributed by atoms with Gasteiger partial charge >= 0.3 is 0 Å². The maximum atomic E-state index is 14.0. The van der Waals surface area contributed by atoms with Crippen molar-refractivity contribution in [2.24, 2.45) is 0 Å². The van der Waals surface area contributed by atoms with Crippen molar-refractivity contribution in [2.75, 3.05) is 26.7 Å². The molecule has 138 valence electrons. The van der Waals surface area contributed by atoms with E-state index in [-0.39, 0.29) is 16.6 Å². The van der Waals surface area contributed by atoms with Crippen molar-refractivity contribution in [3.8, 4) is 5.75 Å². The standard InChI is InChI=1S/C20H22ClFN2O2/c1-26-15-7-4-6-14(12-15)18(24-10-2-3-11-24)13-23-20(25)19-16(21)8-5-9-17(19)22/h4-9,12,18H,2-3,10-11,13H2,1H3,(H,23,25). The SMILES string of the molecule is COc1cccc(C(CNC(=O)c2c(F)cccc2Cl)N2CCCC2)c1. The molecule has 1 unspecified atom stereocenters. The number of amides is 1. The number of carbonyl (C=O) groups excluding carboxylic acids is 1. The van der Waals surface area contributed by atoms with Crippen molar-refractivity contribution in [1.29, 1.82) is 0 Å². The second kappa shape index (κ2) is 8.52. The van der Waals surface area contributed by atoms with Crippen LogP contribution in [0, 0.1) is 5.82 Å². The second-order valence-electron chi connectivity index (χ2n) is 6.34. The molecule has 1 amide bonds. The summed E-state index contributed by atoms with van der Waals surface area (Å²) in [5, 5.41) is 2.96. The molecule has 1 aliphatic rings. The van der Waals surface area contributed by atoms with Crippen LogP contribution in [0.3, 0.4) is 0 Å². The smallest absolute Gasteiger partial charge is 0.255 e. The summed E-state index contributed by atoms with van der Waals surface area (Å²) in [6, 6.07) is 12.1. The summed E-state index contributed by atoms with van der Waals surface area (Å²) in [6.07, 6.45) is 2.26. The number of benzene rings is 2. The Hall–Kier alpha value is -2.11. The van der Waals surface area contributed by atoms with Crippen molar-refractivity contribution in [3.63, 3.8) is 0 Å². The molecule has 0 radical (unpaired) electrons. The lowest BCUT2D eigenvalue weighted by Gasteiger charge is -2.28. The molecular formula is C20H22ClFN2O2. The highest BCUT2D eigenvalue weighted by Gasteiger charge is 2.25. The first kappa shape index (κ1) is 18.7. The van der Waals surface area contributed by atoms with Crippen molar-refractivity contribution >= 4 is 17.5 Å². The minimum atomic E-state index is -0.617. The zero-order chi connectivity index (χ0) is 18.5. The van der Waals surface area contributed by atoms with Crippen molar-refractivity contribution in [1.82, 2.24) is 10.2 Å². The van der Waals surface area contributed by atoms with Crippen LogP contribution in [0.25, 0.3) is 0 Å². The van der Waals surface area contributed by atoms with Crippen molar-refractivity contribution in [2.45, 2.75) is 18.9 Å². The first-order valence-electron chi connectivity index (χ1n) is 8.70. The molecule has 2 aromatic rings. The van der Waals surface area contributed by atoms with E-state index in [4.69, 9.17) is 16.3 Å². The molecule has 0 bridgehead atoms. The Labute approximate surface area is 157 Å². The number of halogens is 2. The van der Waals surface area contributed by atoms with Gasteiger partial charge in [-0.3, -0.25) is 9.69 Å². The van der Waals surface area contributed by atoms with E-state index in [0.29, 0.717) is 6.54 Å². The van der Waals surface area contributed by atoms with Gasteiger partial charge in [0.1, 0.15) is 11.6 Å². The Morgan fingerprint density at radius 3 is 2.69 bits per heavy atom. The normalized spacial score (nSPS) is 15.7. The maximum absolute atomic E-state index is 14.0. The molecule has 1 saturated heterocycles. The van der Waals surface area contributed by atoms with Gasteiger partial charge in [0.15, 0.2) is 0 Å². The third kappa shape index (κ3) is 4.17. The summed E-state index contributed by atoms with van der Waals surface area (Å²) < 4.78 is 19.3. The van der Waals surface area contributed by atoms with Gasteiger partial charge in [0.2, 0.25) is 0 Å². The van der Waals surface area contributed by atoms with Crippen molar-refractivity contribution < 1.29 is 13.9 Å². The average Bonchev–Trinajstić information content (AvgIpc) is 3.16. The molecule has 1 heterocycles. The summed E-state index contributed by atoms with van der Waals surface area (Å²) >= 11 is 6.00. The number of rotatable bonds is 6. The zero-order valence-electron chi connectivity index (χ0n) is 14.7. The van der Waals surface area contributed by atoms with E-state index >= 15 is 0 Å². The third-order valence-corrected chi connectivity index (χ3v) is 5.02. The maximum Gasteiger partial charge on any atom is 0.255 e. The Morgan fingerprint density at radius 2 is 2.00 bits per heavy atom. The second-order valence-corrected chi connectivity index (χ2v) is 6.75. The molecule has 1 aliphatic heterocycles. The monoisotopic (exact) mass is 376 g/mol. The lowest BCUT2D eigenvalue weighted by Crippen LogP contribution is -2.37. The Balaban J connectivity index is 1.79. The first-order chi connectivity index (χ1) is 12.6. The van der Waals surface area contributed by atoms with Gasteiger partial charge in [-0.2, -0.15) is 0 Å². The van der Waals surface area contributed by atoms with E-state index in [9.17, 15) is 9.18 Å². The molecule has 26 heavy (non-hydrogen) atoms. The quantitative estimate of drug-likeness (QED) is 0.826. The molecule has 1 N–H and O–H groups in total. The third-order valence-electron chi connectivity index (χ3n) is 4.71. The van der Waals surface area contributed by atoms with Crippen LogP contribution in [-0.4, -0.2) is 37.6 Å². The van der Waals surface area contributed by atoms with Crippen LogP contribution in [-0.2, 0) is 0 Å². The van der Waals surface area contributed by atoms with Crippen LogP contribution in [0.2, 0.25) is 5.02 Å². The first-order valence-corrected chi connectivity index (χ1v) is 9.08. The average molecular weight is 377 g/mol. The topological polar surface area (TPSA) is 41.6 Å². The molecule has 1 atom stereocenters. The predicted octanol–water partition coefficient (Wildman–Crippen LogP) is 4.05. The summed E-state index contributed by atoms with van der Waals surface area (Å²) in [7, 11) is 1.63. The van der Waals surface area contributed by atoms with Crippen molar-refractivity contribution in [3.05, 3.63) is 64.4 Å². The molecule has 1 fully saturated rings. The molecule has 0 spiro atoms. The molecular weight excluding hydrogens is 355 g/mol. The van der Waals surface area contributed by atoms with Gasteiger partial charge in [-0.05, 0) is 55.8 Å². The van der Waals surface area contributed by atoms with E-state index in [1.54, 1.807) is 7.11 Å². The fraction of sp³-hybridized carbons (Fsp3) is 0.350. The number of methoxy groups -OCH3 is 1. The van der Waals surface area contributed by atoms with Gasteiger partial charge < -0.3 is 10.1 Å². The van der Waals surface area contributed by atoms with Gasteiger partial charge in [-0.15, -0.1) is 0 Å². The van der Waals surface area contributed by atoms with Gasteiger partial charge in [0, 0.05) is 6.54 Å². The molecule has 0 aliphatic carbocycles. The number of likely N-dealkylation sites (tertiary alicyclic amines) is 1. The fourth-order valence-corrected chi connectivity index (χ4v) is 3.60.